The molecule has 0 heterocycles. The van der Waals surface area contributed by atoms with Crippen LogP contribution in [0.5, 0.6) is 0 Å². The van der Waals surface area contributed by atoms with E-state index in [1.807, 2.05) is 12.1 Å². The zero-order valence-electron chi connectivity index (χ0n) is 12.5. The van der Waals surface area contributed by atoms with Gasteiger partial charge in [-0.2, -0.15) is 0 Å². The van der Waals surface area contributed by atoms with Crippen molar-refractivity contribution in [2.45, 2.75) is 52.6 Å². The molecule has 3 atom stereocenters. The molecule has 0 aliphatic heterocycles. The highest BCUT2D eigenvalue weighted by Crippen LogP contribution is 2.65. The molecule has 2 aliphatic carbocycles. The predicted octanol–water partition coefficient (Wildman–Crippen LogP) is 5.30. The Morgan fingerprint density at radius 3 is 2.50 bits per heavy atom. The molecule has 0 saturated heterocycles. The first kappa shape index (κ1) is 14.7. The van der Waals surface area contributed by atoms with E-state index >= 15 is 0 Å². The van der Waals surface area contributed by atoms with E-state index in [2.05, 4.69) is 32.2 Å². The van der Waals surface area contributed by atoms with Gasteiger partial charge in [-0.25, -0.2) is 0 Å². The van der Waals surface area contributed by atoms with Crippen molar-refractivity contribution in [3.63, 3.8) is 0 Å². The first-order valence-electron chi connectivity index (χ1n) is 7.52. The lowest BCUT2D eigenvalue weighted by atomic mass is 9.69. The van der Waals surface area contributed by atoms with Crippen LogP contribution in [-0.2, 0) is 6.54 Å². The smallest absolute Gasteiger partial charge is 0.0595 e. The van der Waals surface area contributed by atoms with Gasteiger partial charge in [-0.1, -0.05) is 50.0 Å². The molecule has 1 aromatic carbocycles. The second kappa shape index (κ2) is 4.90. The summed E-state index contributed by atoms with van der Waals surface area (Å²) in [5, 5.41) is 5.04. The molecule has 1 aromatic rings. The van der Waals surface area contributed by atoms with Crippen molar-refractivity contribution >= 4 is 23.2 Å². The lowest BCUT2D eigenvalue weighted by Crippen LogP contribution is -2.44. The summed E-state index contributed by atoms with van der Waals surface area (Å²) in [6.07, 6.45) is 4.06. The lowest BCUT2D eigenvalue weighted by Gasteiger charge is -2.39. The fraction of sp³-hybridized carbons (Fsp3) is 0.647. The molecule has 3 rings (SSSR count). The molecule has 0 radical (unpaired) electrons. The number of hydrogen-bond donors (Lipinski definition) is 1. The Morgan fingerprint density at radius 2 is 1.95 bits per heavy atom. The molecule has 3 unspecified atom stereocenters. The Kier molecular flexibility index (Phi) is 3.60. The summed E-state index contributed by atoms with van der Waals surface area (Å²) in [6, 6.07) is 6.53. The van der Waals surface area contributed by atoms with Crippen LogP contribution >= 0.6 is 23.2 Å². The molecule has 20 heavy (non-hydrogen) atoms. The molecule has 0 amide bonds. The molecule has 0 aromatic heterocycles. The summed E-state index contributed by atoms with van der Waals surface area (Å²) >= 11 is 12.1. The van der Waals surface area contributed by atoms with Crippen LogP contribution in [0.15, 0.2) is 18.2 Å². The zero-order chi connectivity index (χ0) is 14.5. The van der Waals surface area contributed by atoms with Gasteiger partial charge in [0, 0.05) is 12.6 Å². The first-order valence-corrected chi connectivity index (χ1v) is 8.27. The number of nitrogens with one attached hydrogen (secondary N) is 1. The standard InChI is InChI=1S/C17H23Cl2N/c1-16(2)12-6-7-17(16,3)15(9-12)20-10-11-4-5-13(18)14(19)8-11/h4-5,8,12,15,20H,6-7,9-10H2,1-3H3. The second-order valence-electron chi connectivity index (χ2n) is 7.29. The summed E-state index contributed by atoms with van der Waals surface area (Å²) in [5.74, 6) is 0.874. The average Bonchev–Trinajstić information content (AvgIpc) is 2.73. The Balaban J connectivity index is 1.69. The Bertz CT molecular complexity index is 526. The van der Waals surface area contributed by atoms with Crippen molar-refractivity contribution in [1.82, 2.24) is 5.32 Å². The SMILES string of the molecule is CC1(C)C2CCC1(C)C(NCc1ccc(Cl)c(Cl)c1)C2. The maximum atomic E-state index is 6.09. The summed E-state index contributed by atoms with van der Waals surface area (Å²) < 4.78 is 0. The van der Waals surface area contributed by atoms with E-state index in [-0.39, 0.29) is 0 Å². The van der Waals surface area contributed by atoms with Gasteiger partial charge in [0.05, 0.1) is 10.0 Å². The number of halogens is 2. The zero-order valence-corrected chi connectivity index (χ0v) is 14.0. The van der Waals surface area contributed by atoms with E-state index in [0.717, 1.165) is 12.5 Å². The maximum absolute atomic E-state index is 6.09. The van der Waals surface area contributed by atoms with Gasteiger partial charge in [0.1, 0.15) is 0 Å². The lowest BCUT2D eigenvalue weighted by molar-refractivity contribution is 0.120. The van der Waals surface area contributed by atoms with Gasteiger partial charge in [0.25, 0.3) is 0 Å². The Hall–Kier alpha value is -0.240. The molecule has 110 valence electrons. The minimum atomic E-state index is 0.424. The van der Waals surface area contributed by atoms with Crippen molar-refractivity contribution in [3.8, 4) is 0 Å². The summed E-state index contributed by atoms with van der Waals surface area (Å²) in [6.45, 7) is 8.24. The normalized spacial score (nSPS) is 34.6. The molecular weight excluding hydrogens is 289 g/mol. The molecule has 1 N–H and O–H groups in total. The van der Waals surface area contributed by atoms with Crippen LogP contribution in [-0.4, -0.2) is 6.04 Å². The van der Waals surface area contributed by atoms with Crippen LogP contribution in [0.4, 0.5) is 0 Å². The molecule has 1 nitrogen and oxygen atoms in total. The van der Waals surface area contributed by atoms with E-state index in [4.69, 9.17) is 23.2 Å². The highest BCUT2D eigenvalue weighted by atomic mass is 35.5. The van der Waals surface area contributed by atoms with Gasteiger partial charge in [-0.3, -0.25) is 0 Å². The van der Waals surface area contributed by atoms with Gasteiger partial charge in [-0.15, -0.1) is 0 Å². The molecular formula is C17H23Cl2N. The highest BCUT2D eigenvalue weighted by molar-refractivity contribution is 6.42. The monoisotopic (exact) mass is 311 g/mol. The summed E-state index contributed by atoms with van der Waals surface area (Å²) in [7, 11) is 0. The van der Waals surface area contributed by atoms with Crippen LogP contribution in [0.1, 0.15) is 45.6 Å². The van der Waals surface area contributed by atoms with Crippen molar-refractivity contribution in [2.24, 2.45) is 16.7 Å². The van der Waals surface area contributed by atoms with Gasteiger partial charge < -0.3 is 5.32 Å². The highest BCUT2D eigenvalue weighted by Gasteiger charge is 2.60. The van der Waals surface area contributed by atoms with E-state index in [0.29, 0.717) is 26.9 Å². The van der Waals surface area contributed by atoms with Gasteiger partial charge in [0.15, 0.2) is 0 Å². The van der Waals surface area contributed by atoms with Gasteiger partial charge in [-0.05, 0) is 53.7 Å². The third-order valence-electron chi connectivity index (χ3n) is 6.33. The van der Waals surface area contributed by atoms with Crippen LogP contribution in [0.2, 0.25) is 10.0 Å². The van der Waals surface area contributed by atoms with Crippen molar-refractivity contribution in [3.05, 3.63) is 33.8 Å². The van der Waals surface area contributed by atoms with Crippen molar-refractivity contribution < 1.29 is 0 Å². The molecule has 2 saturated carbocycles. The van der Waals surface area contributed by atoms with Crippen LogP contribution in [0, 0.1) is 16.7 Å². The number of rotatable bonds is 3. The quantitative estimate of drug-likeness (QED) is 0.799. The van der Waals surface area contributed by atoms with Crippen molar-refractivity contribution in [2.75, 3.05) is 0 Å². The minimum absolute atomic E-state index is 0.424. The first-order chi connectivity index (χ1) is 9.34. The molecule has 0 spiro atoms. The topological polar surface area (TPSA) is 12.0 Å². The number of fused-ring (bicyclic) bond motifs is 2. The van der Waals surface area contributed by atoms with E-state index in [9.17, 15) is 0 Å². The number of hydrogen-bond acceptors (Lipinski definition) is 1. The maximum Gasteiger partial charge on any atom is 0.0595 e. The fourth-order valence-corrected chi connectivity index (χ4v) is 4.72. The molecule has 2 fully saturated rings. The van der Waals surface area contributed by atoms with Crippen LogP contribution in [0.3, 0.4) is 0 Å². The third kappa shape index (κ3) is 2.10. The molecule has 3 heteroatoms. The molecule has 2 aliphatic rings. The van der Waals surface area contributed by atoms with Gasteiger partial charge in [0.2, 0.25) is 0 Å². The Morgan fingerprint density at radius 1 is 1.20 bits per heavy atom. The summed E-state index contributed by atoms with van der Waals surface area (Å²) in [5.41, 5.74) is 2.10. The van der Waals surface area contributed by atoms with E-state index < -0.39 is 0 Å². The summed E-state index contributed by atoms with van der Waals surface area (Å²) in [4.78, 5) is 0. The average molecular weight is 312 g/mol. The van der Waals surface area contributed by atoms with Crippen LogP contribution < -0.4 is 5.32 Å². The van der Waals surface area contributed by atoms with E-state index in [1.165, 1.54) is 24.8 Å². The number of benzene rings is 1. The van der Waals surface area contributed by atoms with Gasteiger partial charge >= 0.3 is 0 Å². The minimum Gasteiger partial charge on any atom is -0.309 e. The van der Waals surface area contributed by atoms with E-state index in [1.54, 1.807) is 0 Å². The second-order valence-corrected chi connectivity index (χ2v) is 8.11. The van der Waals surface area contributed by atoms with Crippen molar-refractivity contribution in [1.29, 1.82) is 0 Å². The Labute approximate surface area is 132 Å². The largest absolute Gasteiger partial charge is 0.309 e. The third-order valence-corrected chi connectivity index (χ3v) is 7.07. The fourth-order valence-electron chi connectivity index (χ4n) is 4.40. The van der Waals surface area contributed by atoms with Crippen LogP contribution in [0.25, 0.3) is 0 Å². The predicted molar refractivity (Wildman–Crippen MR) is 86.3 cm³/mol. The molecule has 2 bridgehead atoms.